The van der Waals surface area contributed by atoms with E-state index in [2.05, 4.69) is 27.5 Å². The number of benzene rings is 1. The van der Waals surface area contributed by atoms with Crippen molar-refractivity contribution in [3.05, 3.63) is 41.1 Å². The highest BCUT2D eigenvalue weighted by Crippen LogP contribution is 2.34. The second kappa shape index (κ2) is 9.76. The molecular formula is C21H30N4O4. The van der Waals surface area contributed by atoms with Gasteiger partial charge in [-0.05, 0) is 27.0 Å². The van der Waals surface area contributed by atoms with Gasteiger partial charge in [-0.3, -0.25) is 4.90 Å². The molecule has 0 spiro atoms. The molecule has 2 N–H and O–H groups in total. The molecule has 1 aromatic carbocycles. The molecule has 1 atom stereocenters. The van der Waals surface area contributed by atoms with Crippen molar-refractivity contribution >= 4 is 12.0 Å². The van der Waals surface area contributed by atoms with E-state index in [1.54, 1.807) is 6.92 Å². The Balaban J connectivity index is 1.99. The zero-order chi connectivity index (χ0) is 20.8. The Morgan fingerprint density at radius 3 is 2.55 bits per heavy atom. The van der Waals surface area contributed by atoms with Crippen LogP contribution in [-0.2, 0) is 9.53 Å². The average Bonchev–Trinajstić information content (AvgIpc) is 2.70. The second-order valence-electron chi connectivity index (χ2n) is 7.19. The lowest BCUT2D eigenvalue weighted by molar-refractivity contribution is -0.139. The monoisotopic (exact) mass is 402 g/mol. The molecule has 8 heteroatoms. The summed E-state index contributed by atoms with van der Waals surface area (Å²) >= 11 is 0. The normalized spacial score (nSPS) is 20.8. The maximum atomic E-state index is 12.9. The second-order valence-corrected chi connectivity index (χ2v) is 7.19. The summed E-state index contributed by atoms with van der Waals surface area (Å²) in [6.07, 6.45) is 0. The molecule has 1 fully saturated rings. The van der Waals surface area contributed by atoms with Crippen LogP contribution in [0.1, 0.15) is 25.5 Å². The number of amides is 2. The van der Waals surface area contributed by atoms with Gasteiger partial charge in [0.25, 0.3) is 0 Å². The smallest absolute Gasteiger partial charge is 0.338 e. The van der Waals surface area contributed by atoms with E-state index in [0.29, 0.717) is 30.2 Å². The summed E-state index contributed by atoms with van der Waals surface area (Å²) in [5, 5.41) is 5.73. The molecule has 0 saturated carbocycles. The van der Waals surface area contributed by atoms with E-state index in [1.165, 1.54) is 0 Å². The summed E-state index contributed by atoms with van der Waals surface area (Å²) in [5.74, 6) is 0.211. The van der Waals surface area contributed by atoms with E-state index in [1.807, 2.05) is 31.2 Å². The van der Waals surface area contributed by atoms with Gasteiger partial charge < -0.3 is 25.0 Å². The van der Waals surface area contributed by atoms with E-state index in [4.69, 9.17) is 9.47 Å². The lowest BCUT2D eigenvalue weighted by atomic mass is 9.94. The van der Waals surface area contributed by atoms with Crippen LogP contribution in [0.2, 0.25) is 0 Å². The summed E-state index contributed by atoms with van der Waals surface area (Å²) in [5.41, 5.74) is 1.76. The minimum Gasteiger partial charge on any atom is -0.494 e. The van der Waals surface area contributed by atoms with Crippen molar-refractivity contribution in [2.75, 3.05) is 53.0 Å². The molecule has 1 saturated heterocycles. The van der Waals surface area contributed by atoms with Crippen molar-refractivity contribution in [3.63, 3.8) is 0 Å². The first-order chi connectivity index (χ1) is 14.0. The highest BCUT2D eigenvalue weighted by atomic mass is 16.5. The molecule has 2 heterocycles. The van der Waals surface area contributed by atoms with Gasteiger partial charge >= 0.3 is 12.0 Å². The Morgan fingerprint density at radius 1 is 1.14 bits per heavy atom. The topological polar surface area (TPSA) is 83.1 Å². The van der Waals surface area contributed by atoms with Crippen LogP contribution in [0.4, 0.5) is 4.79 Å². The zero-order valence-electron chi connectivity index (χ0n) is 17.4. The summed E-state index contributed by atoms with van der Waals surface area (Å²) in [6.45, 7) is 8.56. The summed E-state index contributed by atoms with van der Waals surface area (Å²) < 4.78 is 11.1. The van der Waals surface area contributed by atoms with Crippen molar-refractivity contribution in [1.82, 2.24) is 20.4 Å². The van der Waals surface area contributed by atoms with Gasteiger partial charge in [-0.15, -0.1) is 0 Å². The molecular weight excluding hydrogens is 372 g/mol. The first-order valence-corrected chi connectivity index (χ1v) is 10.1. The molecule has 0 unspecified atom stereocenters. The molecule has 2 amide bonds. The van der Waals surface area contributed by atoms with Crippen LogP contribution in [0.5, 0.6) is 5.75 Å². The van der Waals surface area contributed by atoms with Crippen molar-refractivity contribution < 1.29 is 19.1 Å². The first kappa shape index (κ1) is 21.1. The average molecular weight is 402 g/mol. The largest absolute Gasteiger partial charge is 0.494 e. The van der Waals surface area contributed by atoms with Crippen LogP contribution in [0.25, 0.3) is 0 Å². The number of hydrogen-bond acceptors (Lipinski definition) is 6. The molecule has 29 heavy (non-hydrogen) atoms. The van der Waals surface area contributed by atoms with Gasteiger partial charge in [-0.25, -0.2) is 9.59 Å². The van der Waals surface area contributed by atoms with Crippen LogP contribution in [0.15, 0.2) is 35.5 Å². The molecule has 2 aliphatic rings. The van der Waals surface area contributed by atoms with Gasteiger partial charge in [0.1, 0.15) is 5.75 Å². The molecule has 3 rings (SSSR count). The predicted octanol–water partition coefficient (Wildman–Crippen LogP) is 1.50. The summed E-state index contributed by atoms with van der Waals surface area (Å²) in [6, 6.07) is 6.49. The number of urea groups is 1. The highest BCUT2D eigenvalue weighted by molar-refractivity contribution is 5.95. The van der Waals surface area contributed by atoms with Crippen molar-refractivity contribution in [1.29, 1.82) is 0 Å². The number of nitrogens with one attached hydrogen (secondary N) is 2. The zero-order valence-corrected chi connectivity index (χ0v) is 17.4. The van der Waals surface area contributed by atoms with E-state index >= 15 is 0 Å². The van der Waals surface area contributed by atoms with E-state index in [0.717, 1.165) is 31.7 Å². The summed E-state index contributed by atoms with van der Waals surface area (Å²) in [7, 11) is 2.09. The third kappa shape index (κ3) is 5.07. The number of carbonyl (C=O) groups is 2. The van der Waals surface area contributed by atoms with Crippen LogP contribution in [0, 0.1) is 0 Å². The minimum absolute atomic E-state index is 0.262. The molecule has 158 valence electrons. The maximum Gasteiger partial charge on any atom is 0.338 e. The van der Waals surface area contributed by atoms with Gasteiger partial charge in [-0.1, -0.05) is 18.2 Å². The number of piperazine rings is 1. The number of para-hydroxylation sites is 1. The molecule has 0 radical (unpaired) electrons. The van der Waals surface area contributed by atoms with Crippen molar-refractivity contribution in [3.8, 4) is 5.75 Å². The Hall–Kier alpha value is -2.58. The molecule has 2 aliphatic heterocycles. The number of carbonyl (C=O) groups excluding carboxylic acids is 2. The number of rotatable bonds is 7. The number of esters is 1. The SMILES string of the molecule is CCOC(=O)C1=C(CN2CCN(C)CC2)NC(=O)N[C@H]1c1ccccc1OCC. The van der Waals surface area contributed by atoms with Crippen LogP contribution < -0.4 is 15.4 Å². The lowest BCUT2D eigenvalue weighted by Crippen LogP contribution is -2.51. The van der Waals surface area contributed by atoms with Gasteiger partial charge in [0.05, 0.1) is 24.8 Å². The Morgan fingerprint density at radius 2 is 1.86 bits per heavy atom. The fourth-order valence-corrected chi connectivity index (χ4v) is 3.66. The fraction of sp³-hybridized carbons (Fsp3) is 0.524. The van der Waals surface area contributed by atoms with E-state index in [9.17, 15) is 9.59 Å². The Bertz CT molecular complexity index is 772. The van der Waals surface area contributed by atoms with Gasteiger partial charge in [-0.2, -0.15) is 0 Å². The van der Waals surface area contributed by atoms with Crippen LogP contribution in [-0.4, -0.2) is 74.8 Å². The van der Waals surface area contributed by atoms with Gasteiger partial charge in [0.2, 0.25) is 0 Å². The van der Waals surface area contributed by atoms with Crippen LogP contribution >= 0.6 is 0 Å². The van der Waals surface area contributed by atoms with E-state index < -0.39 is 12.0 Å². The first-order valence-electron chi connectivity index (χ1n) is 10.1. The minimum atomic E-state index is -0.631. The number of ether oxygens (including phenoxy) is 2. The lowest BCUT2D eigenvalue weighted by Gasteiger charge is -2.36. The molecule has 0 aromatic heterocycles. The molecule has 0 bridgehead atoms. The Labute approximate surface area is 171 Å². The Kier molecular flexibility index (Phi) is 7.11. The standard InChI is InChI=1S/C21H30N4O4/c1-4-28-17-9-7-6-8-15(17)19-18(20(26)29-5-2)16(22-21(27)23-19)14-25-12-10-24(3)11-13-25/h6-9,19H,4-5,10-14H2,1-3H3,(H2,22,23,27)/t19-/m0/s1. The van der Waals surface area contributed by atoms with E-state index in [-0.39, 0.29) is 12.6 Å². The number of hydrogen-bond donors (Lipinski definition) is 2. The fourth-order valence-electron chi connectivity index (χ4n) is 3.66. The van der Waals surface area contributed by atoms with Gasteiger partial charge in [0, 0.05) is 44.0 Å². The van der Waals surface area contributed by atoms with Crippen molar-refractivity contribution in [2.45, 2.75) is 19.9 Å². The third-order valence-electron chi connectivity index (χ3n) is 5.16. The predicted molar refractivity (Wildman–Crippen MR) is 110 cm³/mol. The van der Waals surface area contributed by atoms with Crippen LogP contribution in [0.3, 0.4) is 0 Å². The third-order valence-corrected chi connectivity index (χ3v) is 5.16. The highest BCUT2D eigenvalue weighted by Gasteiger charge is 2.36. The van der Waals surface area contributed by atoms with Crippen molar-refractivity contribution in [2.24, 2.45) is 0 Å². The maximum absolute atomic E-state index is 12.9. The van der Waals surface area contributed by atoms with Gasteiger partial charge in [0.15, 0.2) is 0 Å². The summed E-state index contributed by atoms with van der Waals surface area (Å²) in [4.78, 5) is 29.9. The molecule has 0 aliphatic carbocycles. The molecule has 1 aromatic rings. The molecule has 8 nitrogen and oxygen atoms in total. The number of likely N-dealkylation sites (N-methyl/N-ethyl adjacent to an activating group) is 1. The number of nitrogens with zero attached hydrogens (tertiary/aromatic N) is 2. The quantitative estimate of drug-likeness (QED) is 0.673.